The van der Waals surface area contributed by atoms with E-state index in [1.807, 2.05) is 24.3 Å². The van der Waals surface area contributed by atoms with Crippen LogP contribution in [0.15, 0.2) is 67.3 Å². The maximum absolute atomic E-state index is 12.4. The number of ether oxygens (including phenoxy) is 2. The molecule has 0 bridgehead atoms. The second-order valence-corrected chi connectivity index (χ2v) is 5.63. The van der Waals surface area contributed by atoms with Crippen LogP contribution in [0.3, 0.4) is 0 Å². The minimum absolute atomic E-state index is 0.303. The van der Waals surface area contributed by atoms with Crippen LogP contribution in [0, 0.1) is 11.3 Å². The first-order valence-electron chi connectivity index (χ1n) is 8.35. The third-order valence-electron chi connectivity index (χ3n) is 3.65. The topological polar surface area (TPSA) is 79.6 Å². The lowest BCUT2D eigenvalue weighted by Crippen LogP contribution is -2.36. The normalized spacial score (nSPS) is 11.0. The number of amides is 1. The highest BCUT2D eigenvalue weighted by Crippen LogP contribution is 2.15. The highest BCUT2D eigenvalue weighted by atomic mass is 16.6. The smallest absolute Gasteiger partial charge is 0.347 e. The van der Waals surface area contributed by atoms with Crippen LogP contribution in [0.5, 0.6) is 5.75 Å². The standard InChI is InChI=1S/C21H20N2O4/c1-3-13-23(18-7-5-4-6-8-18)20(24)15-26-21(25)16(2)27-19-11-9-17(14-22)10-12-19/h3-12,16H,1,13,15H2,2H3/t16-/m0/s1. The van der Waals surface area contributed by atoms with Crippen LogP contribution in [0.1, 0.15) is 12.5 Å². The zero-order valence-corrected chi connectivity index (χ0v) is 15.0. The summed E-state index contributed by atoms with van der Waals surface area (Å²) in [7, 11) is 0. The predicted octanol–water partition coefficient (Wildman–Crippen LogP) is 3.09. The van der Waals surface area contributed by atoms with Gasteiger partial charge < -0.3 is 14.4 Å². The van der Waals surface area contributed by atoms with Crippen molar-refractivity contribution >= 4 is 17.6 Å². The first-order valence-corrected chi connectivity index (χ1v) is 8.35. The summed E-state index contributed by atoms with van der Waals surface area (Å²) in [5.41, 5.74) is 1.19. The molecule has 2 rings (SSSR count). The van der Waals surface area contributed by atoms with E-state index >= 15 is 0 Å². The largest absolute Gasteiger partial charge is 0.479 e. The molecule has 0 aliphatic rings. The zero-order valence-electron chi connectivity index (χ0n) is 15.0. The Morgan fingerprint density at radius 3 is 2.44 bits per heavy atom. The van der Waals surface area contributed by atoms with Crippen LogP contribution in [0.4, 0.5) is 5.69 Å². The van der Waals surface area contributed by atoms with Crippen LogP contribution in [0.25, 0.3) is 0 Å². The van der Waals surface area contributed by atoms with E-state index in [-0.39, 0.29) is 5.91 Å². The molecule has 0 saturated carbocycles. The maximum atomic E-state index is 12.4. The van der Waals surface area contributed by atoms with Gasteiger partial charge in [-0.25, -0.2) is 4.79 Å². The van der Waals surface area contributed by atoms with Gasteiger partial charge in [0, 0.05) is 12.2 Å². The number of esters is 1. The van der Waals surface area contributed by atoms with Crippen molar-refractivity contribution in [2.45, 2.75) is 13.0 Å². The van der Waals surface area contributed by atoms with Gasteiger partial charge in [0.2, 0.25) is 0 Å². The van der Waals surface area contributed by atoms with Crippen LogP contribution in [-0.2, 0) is 14.3 Å². The number of benzene rings is 2. The number of carbonyl (C=O) groups is 2. The van der Waals surface area contributed by atoms with E-state index in [2.05, 4.69) is 6.58 Å². The van der Waals surface area contributed by atoms with Gasteiger partial charge >= 0.3 is 5.97 Å². The van der Waals surface area contributed by atoms with Crippen LogP contribution in [-0.4, -0.2) is 31.1 Å². The van der Waals surface area contributed by atoms with Crippen molar-refractivity contribution in [3.8, 4) is 11.8 Å². The lowest BCUT2D eigenvalue weighted by molar-refractivity contribution is -0.154. The highest BCUT2D eigenvalue weighted by molar-refractivity contribution is 5.95. The number of hydrogen-bond acceptors (Lipinski definition) is 5. The molecule has 2 aromatic carbocycles. The number of nitriles is 1. The van der Waals surface area contributed by atoms with E-state index in [0.29, 0.717) is 23.5 Å². The molecule has 27 heavy (non-hydrogen) atoms. The Labute approximate surface area is 158 Å². The van der Waals surface area contributed by atoms with Gasteiger partial charge in [-0.3, -0.25) is 4.79 Å². The van der Waals surface area contributed by atoms with Gasteiger partial charge in [0.05, 0.1) is 11.6 Å². The van der Waals surface area contributed by atoms with Gasteiger partial charge in [0.1, 0.15) is 5.75 Å². The quantitative estimate of drug-likeness (QED) is 0.531. The molecule has 0 radical (unpaired) electrons. The number of para-hydroxylation sites is 1. The highest BCUT2D eigenvalue weighted by Gasteiger charge is 2.20. The van der Waals surface area contributed by atoms with Crippen molar-refractivity contribution in [3.63, 3.8) is 0 Å². The van der Waals surface area contributed by atoms with Crippen molar-refractivity contribution < 1.29 is 19.1 Å². The van der Waals surface area contributed by atoms with Crippen LogP contribution >= 0.6 is 0 Å². The molecule has 138 valence electrons. The lowest BCUT2D eigenvalue weighted by Gasteiger charge is -2.21. The molecule has 0 aliphatic heterocycles. The summed E-state index contributed by atoms with van der Waals surface area (Å²) in [5, 5.41) is 8.78. The fourth-order valence-electron chi connectivity index (χ4n) is 2.28. The Morgan fingerprint density at radius 2 is 1.85 bits per heavy atom. The molecule has 6 heteroatoms. The molecule has 0 unspecified atom stereocenters. The maximum Gasteiger partial charge on any atom is 0.347 e. The van der Waals surface area contributed by atoms with Gasteiger partial charge in [-0.15, -0.1) is 6.58 Å². The number of nitrogens with zero attached hydrogens (tertiary/aromatic N) is 2. The summed E-state index contributed by atoms with van der Waals surface area (Å²) in [6, 6.07) is 17.4. The Kier molecular flexibility index (Phi) is 7.15. The molecule has 0 saturated heterocycles. The van der Waals surface area contributed by atoms with E-state index in [4.69, 9.17) is 14.7 Å². The molecular weight excluding hydrogens is 344 g/mol. The zero-order chi connectivity index (χ0) is 19.6. The summed E-state index contributed by atoms with van der Waals surface area (Å²) in [6.07, 6.45) is 0.707. The Bertz CT molecular complexity index is 826. The van der Waals surface area contributed by atoms with E-state index in [1.54, 1.807) is 42.5 Å². The first-order chi connectivity index (χ1) is 13.0. The van der Waals surface area contributed by atoms with Gasteiger partial charge in [-0.2, -0.15) is 5.26 Å². The molecule has 1 atom stereocenters. The third-order valence-corrected chi connectivity index (χ3v) is 3.65. The number of carbonyl (C=O) groups excluding carboxylic acids is 2. The van der Waals surface area contributed by atoms with Gasteiger partial charge in [0.25, 0.3) is 5.91 Å². The summed E-state index contributed by atoms with van der Waals surface area (Å²) in [6.45, 7) is 5.08. The summed E-state index contributed by atoms with van der Waals surface area (Å²) < 4.78 is 10.6. The molecule has 2 aromatic rings. The molecular formula is C21H20N2O4. The van der Waals surface area contributed by atoms with Gasteiger partial charge in [0.15, 0.2) is 12.7 Å². The Hall–Kier alpha value is -3.59. The van der Waals surface area contributed by atoms with E-state index < -0.39 is 18.7 Å². The van der Waals surface area contributed by atoms with Crippen molar-refractivity contribution in [3.05, 3.63) is 72.8 Å². The SMILES string of the molecule is C=CCN(C(=O)COC(=O)[C@H](C)Oc1ccc(C#N)cc1)c1ccccc1. The molecule has 6 nitrogen and oxygen atoms in total. The Morgan fingerprint density at radius 1 is 1.19 bits per heavy atom. The fourth-order valence-corrected chi connectivity index (χ4v) is 2.28. The summed E-state index contributed by atoms with van der Waals surface area (Å²) >= 11 is 0. The van der Waals surface area contributed by atoms with Crippen LogP contribution < -0.4 is 9.64 Å². The minimum Gasteiger partial charge on any atom is -0.479 e. The first kappa shape index (κ1) is 19.7. The second kappa shape index (κ2) is 9.78. The van der Waals surface area contributed by atoms with Crippen molar-refractivity contribution in [2.75, 3.05) is 18.1 Å². The second-order valence-electron chi connectivity index (χ2n) is 5.63. The molecule has 0 aromatic heterocycles. The minimum atomic E-state index is -0.893. The molecule has 0 fully saturated rings. The molecule has 0 heterocycles. The lowest BCUT2D eigenvalue weighted by atomic mass is 10.2. The van der Waals surface area contributed by atoms with E-state index in [0.717, 1.165) is 0 Å². The average molecular weight is 364 g/mol. The summed E-state index contributed by atoms with van der Waals surface area (Å²) in [4.78, 5) is 26.0. The van der Waals surface area contributed by atoms with Crippen molar-refractivity contribution in [1.82, 2.24) is 0 Å². The number of anilines is 1. The molecule has 0 aliphatic carbocycles. The average Bonchev–Trinajstić information content (AvgIpc) is 2.71. The van der Waals surface area contributed by atoms with Gasteiger partial charge in [-0.05, 0) is 43.3 Å². The predicted molar refractivity (Wildman–Crippen MR) is 101 cm³/mol. The van der Waals surface area contributed by atoms with Crippen molar-refractivity contribution in [1.29, 1.82) is 5.26 Å². The molecule has 1 amide bonds. The van der Waals surface area contributed by atoms with E-state index in [1.165, 1.54) is 11.8 Å². The fraction of sp³-hybridized carbons (Fsp3) is 0.190. The number of hydrogen-bond donors (Lipinski definition) is 0. The Balaban J connectivity index is 1.91. The molecule has 0 spiro atoms. The number of rotatable bonds is 8. The third kappa shape index (κ3) is 5.72. The monoisotopic (exact) mass is 364 g/mol. The molecule has 0 N–H and O–H groups in total. The van der Waals surface area contributed by atoms with Crippen LogP contribution in [0.2, 0.25) is 0 Å². The van der Waals surface area contributed by atoms with Crippen molar-refractivity contribution in [2.24, 2.45) is 0 Å². The van der Waals surface area contributed by atoms with E-state index in [9.17, 15) is 9.59 Å². The summed E-state index contributed by atoms with van der Waals surface area (Å²) in [5.74, 6) is -0.582. The van der Waals surface area contributed by atoms with Gasteiger partial charge in [-0.1, -0.05) is 24.3 Å².